The average molecular weight is 634 g/mol. The summed E-state index contributed by atoms with van der Waals surface area (Å²) in [6, 6.07) is 3.43. The van der Waals surface area contributed by atoms with Crippen LogP contribution in [0.3, 0.4) is 0 Å². The molecule has 0 saturated carbocycles. The van der Waals surface area contributed by atoms with Crippen LogP contribution in [0, 0.1) is 0 Å². The number of hydrogen-bond donors (Lipinski definition) is 5. The number of rotatable bonds is 11. The van der Waals surface area contributed by atoms with Gasteiger partial charge in [0.25, 0.3) is 0 Å². The molecule has 0 amide bonds. The van der Waals surface area contributed by atoms with E-state index < -0.39 is 78.1 Å². The van der Waals surface area contributed by atoms with E-state index in [4.69, 9.17) is 24.4 Å². The molecule has 2 heterocycles. The van der Waals surface area contributed by atoms with Crippen LogP contribution in [0.4, 0.5) is 0 Å². The number of likely N-dealkylation sites (tertiary alicyclic amines) is 1. The van der Waals surface area contributed by atoms with Gasteiger partial charge in [0.15, 0.2) is 18.3 Å². The van der Waals surface area contributed by atoms with Crippen LogP contribution in [0.5, 0.6) is 5.75 Å². The monoisotopic (exact) mass is 633 g/mol. The summed E-state index contributed by atoms with van der Waals surface area (Å²) in [7, 11) is 1.95. The normalized spacial score (nSPS) is 28.2. The number of nitrogens with zero attached hydrogens (tertiary/aromatic N) is 1. The zero-order chi connectivity index (χ0) is 32.8. The van der Waals surface area contributed by atoms with E-state index in [1.54, 1.807) is 12.1 Å². The highest BCUT2D eigenvalue weighted by Crippen LogP contribution is 2.64. The third kappa shape index (κ3) is 5.43. The lowest BCUT2D eigenvalue weighted by Gasteiger charge is -2.56. The van der Waals surface area contributed by atoms with Crippen LogP contribution < -0.4 is 4.74 Å². The van der Waals surface area contributed by atoms with Gasteiger partial charge >= 0.3 is 29.8 Å². The SMILES string of the molecule is C[C@H](OC(=O)C[C@H](O)C(=O)OC1=CC[C@@]2(O)[C@H]3Cc4ccc(CO)c5c4[C@@]2(CCCN3C)[C@H]1O5)C(=O)O[C@H](CC(=O)O)C(=O)O. The average Bonchev–Trinajstić information content (AvgIpc) is 3.31. The van der Waals surface area contributed by atoms with Crippen molar-refractivity contribution in [1.82, 2.24) is 4.90 Å². The van der Waals surface area contributed by atoms with Gasteiger partial charge in [-0.15, -0.1) is 0 Å². The zero-order valence-electron chi connectivity index (χ0n) is 24.6. The van der Waals surface area contributed by atoms with Crippen molar-refractivity contribution in [1.29, 1.82) is 0 Å². The first-order chi connectivity index (χ1) is 21.2. The van der Waals surface area contributed by atoms with Gasteiger partial charge in [-0.2, -0.15) is 0 Å². The highest BCUT2D eigenvalue weighted by molar-refractivity contribution is 5.86. The van der Waals surface area contributed by atoms with Crippen molar-refractivity contribution in [2.45, 2.75) is 93.5 Å². The molecular formula is C30H35NO14. The largest absolute Gasteiger partial charge is 0.481 e. The highest BCUT2D eigenvalue weighted by atomic mass is 16.6. The topological polar surface area (TPSA) is 227 Å². The Morgan fingerprint density at radius 3 is 2.51 bits per heavy atom. The lowest BCUT2D eigenvalue weighted by Crippen LogP contribution is -2.69. The Bertz CT molecular complexity index is 1460. The lowest BCUT2D eigenvalue weighted by molar-refractivity contribution is -0.179. The first-order valence-electron chi connectivity index (χ1n) is 14.5. The number of carboxylic acid groups (broad SMARTS) is 2. The fourth-order valence-electron chi connectivity index (χ4n) is 7.18. The number of hydrogen-bond acceptors (Lipinski definition) is 13. The Kier molecular flexibility index (Phi) is 8.65. The summed E-state index contributed by atoms with van der Waals surface area (Å²) in [5, 5.41) is 50.7. The molecule has 5 N–H and O–H groups in total. The number of benzene rings is 1. The molecule has 15 heteroatoms. The molecule has 1 saturated heterocycles. The number of carbonyl (C=O) groups is 5. The second-order valence-electron chi connectivity index (χ2n) is 11.9. The number of carbonyl (C=O) groups excluding carboxylic acids is 3. The fourth-order valence-corrected chi connectivity index (χ4v) is 7.18. The van der Waals surface area contributed by atoms with Gasteiger partial charge in [-0.25, -0.2) is 14.4 Å². The molecule has 244 valence electrons. The molecular weight excluding hydrogens is 598 g/mol. The van der Waals surface area contributed by atoms with Gasteiger partial charge in [0.2, 0.25) is 6.10 Å². The summed E-state index contributed by atoms with van der Waals surface area (Å²) in [5.74, 6) is -6.55. The number of aliphatic carboxylic acids is 2. The van der Waals surface area contributed by atoms with Crippen LogP contribution in [0.15, 0.2) is 24.0 Å². The van der Waals surface area contributed by atoms with Gasteiger partial charge < -0.3 is 49.4 Å². The van der Waals surface area contributed by atoms with E-state index in [1.165, 1.54) is 0 Å². The van der Waals surface area contributed by atoms with Crippen molar-refractivity contribution in [3.8, 4) is 5.75 Å². The summed E-state index contributed by atoms with van der Waals surface area (Å²) in [5.41, 5.74) is -0.0195. The molecule has 0 radical (unpaired) electrons. The molecule has 1 spiro atoms. The number of aliphatic hydroxyl groups excluding tert-OH is 2. The van der Waals surface area contributed by atoms with Crippen LogP contribution in [-0.4, -0.2) is 110 Å². The van der Waals surface area contributed by atoms with Gasteiger partial charge in [-0.05, 0) is 51.4 Å². The Morgan fingerprint density at radius 1 is 1.11 bits per heavy atom. The predicted molar refractivity (Wildman–Crippen MR) is 148 cm³/mol. The van der Waals surface area contributed by atoms with Gasteiger partial charge in [-0.3, -0.25) is 9.59 Å². The van der Waals surface area contributed by atoms with Crippen LogP contribution >= 0.6 is 0 Å². The molecule has 5 rings (SSSR count). The molecule has 15 nitrogen and oxygen atoms in total. The van der Waals surface area contributed by atoms with Crippen molar-refractivity contribution in [3.05, 3.63) is 40.7 Å². The van der Waals surface area contributed by atoms with E-state index in [9.17, 15) is 39.3 Å². The quantitative estimate of drug-likeness (QED) is 0.154. The smallest absolute Gasteiger partial charge is 0.348 e. The van der Waals surface area contributed by atoms with Crippen molar-refractivity contribution in [3.63, 3.8) is 0 Å². The van der Waals surface area contributed by atoms with Crippen molar-refractivity contribution in [2.24, 2.45) is 0 Å². The Hall–Kier alpha value is -4.05. The van der Waals surface area contributed by atoms with E-state index in [2.05, 4.69) is 9.64 Å². The van der Waals surface area contributed by atoms with Crippen molar-refractivity contribution < 1.29 is 68.5 Å². The first kappa shape index (κ1) is 32.3. The minimum Gasteiger partial charge on any atom is -0.481 e. The molecule has 0 unspecified atom stereocenters. The maximum Gasteiger partial charge on any atom is 0.348 e. The number of ether oxygens (including phenoxy) is 4. The van der Waals surface area contributed by atoms with Crippen LogP contribution in [0.25, 0.3) is 0 Å². The second kappa shape index (κ2) is 12.0. The third-order valence-corrected chi connectivity index (χ3v) is 9.23. The number of esters is 3. The van der Waals surface area contributed by atoms with Crippen LogP contribution in [0.2, 0.25) is 0 Å². The highest BCUT2D eigenvalue weighted by Gasteiger charge is 2.70. The van der Waals surface area contributed by atoms with Gasteiger partial charge in [0, 0.05) is 23.6 Å². The van der Waals surface area contributed by atoms with E-state index in [-0.39, 0.29) is 24.8 Å². The molecule has 45 heavy (non-hydrogen) atoms. The maximum absolute atomic E-state index is 13.0. The zero-order valence-corrected chi connectivity index (χ0v) is 24.6. The summed E-state index contributed by atoms with van der Waals surface area (Å²) >= 11 is 0. The van der Waals surface area contributed by atoms with Gasteiger partial charge in [-0.1, -0.05) is 12.1 Å². The summed E-state index contributed by atoms with van der Waals surface area (Å²) in [4.78, 5) is 61.6. The Balaban J connectivity index is 1.30. The molecule has 1 aromatic rings. The van der Waals surface area contributed by atoms with E-state index >= 15 is 0 Å². The molecule has 7 atom stereocenters. The molecule has 2 aliphatic heterocycles. The van der Waals surface area contributed by atoms with Gasteiger partial charge in [0.05, 0.1) is 30.5 Å². The standard InChI is InChI=1S/C30H35NO14/c1-14(27(39)44-19(26(37)38)12-21(34)35)42-22(36)11-17(33)28(40)43-18-6-8-30(41)20-10-15-4-5-16(13-32)24-23(15)29(30,25(18)45-24)7-3-9-31(20)2/h4-6,14,17,19-20,25,32-33,41H,3,7-13H2,1-2H3,(H,34,35)(H,37,38)/t14-,17-,19+,20+,25-,29-,30+/m0/s1. The van der Waals surface area contributed by atoms with Crippen LogP contribution in [0.1, 0.15) is 55.7 Å². The molecule has 1 fully saturated rings. The molecule has 2 aliphatic carbocycles. The van der Waals surface area contributed by atoms with Gasteiger partial charge in [0.1, 0.15) is 11.5 Å². The minimum absolute atomic E-state index is 0.0448. The molecule has 1 aromatic carbocycles. The lowest BCUT2D eigenvalue weighted by atomic mass is 9.52. The Morgan fingerprint density at radius 2 is 1.84 bits per heavy atom. The summed E-state index contributed by atoms with van der Waals surface area (Å²) in [6.07, 6.45) is -5.22. The first-order valence-corrected chi connectivity index (χ1v) is 14.5. The van der Waals surface area contributed by atoms with E-state index in [0.717, 1.165) is 24.6 Å². The summed E-state index contributed by atoms with van der Waals surface area (Å²) in [6.45, 7) is 1.45. The Labute approximate surface area is 256 Å². The van der Waals surface area contributed by atoms with E-state index in [1.807, 2.05) is 13.1 Å². The third-order valence-electron chi connectivity index (χ3n) is 9.23. The number of carboxylic acids is 2. The maximum atomic E-state index is 13.0. The number of likely N-dealkylation sites (N-methyl/N-ethyl adjacent to an activating group) is 1. The van der Waals surface area contributed by atoms with Crippen molar-refractivity contribution in [2.75, 3.05) is 13.6 Å². The second-order valence-corrected chi connectivity index (χ2v) is 11.9. The van der Waals surface area contributed by atoms with E-state index in [0.29, 0.717) is 30.6 Å². The number of aliphatic hydroxyl groups is 3. The predicted octanol–water partition coefficient (Wildman–Crippen LogP) is -0.456. The molecule has 0 aromatic heterocycles. The van der Waals surface area contributed by atoms with Crippen molar-refractivity contribution >= 4 is 29.8 Å². The fraction of sp³-hybridized carbons (Fsp3) is 0.567. The molecule has 4 aliphatic rings. The minimum atomic E-state index is -2.04. The summed E-state index contributed by atoms with van der Waals surface area (Å²) < 4.78 is 21.4. The van der Waals surface area contributed by atoms with Crippen LogP contribution in [-0.2, 0) is 56.6 Å². The molecule has 2 bridgehead atoms.